The number of nitrogens with two attached hydrogens (primary N) is 1. The topological polar surface area (TPSA) is 88.3 Å². The fourth-order valence-electron chi connectivity index (χ4n) is 2.46. The van der Waals surface area contributed by atoms with Gasteiger partial charge in [-0.05, 0) is 30.3 Å². The highest BCUT2D eigenvalue weighted by molar-refractivity contribution is 7.14. The van der Waals surface area contributed by atoms with Gasteiger partial charge in [-0.1, -0.05) is 24.3 Å². The number of nitrogens with zero attached hydrogens (tertiary/aromatic N) is 2. The van der Waals surface area contributed by atoms with Crippen LogP contribution in [0.25, 0.3) is 0 Å². The van der Waals surface area contributed by atoms with Crippen LogP contribution >= 0.6 is 11.3 Å². The molecule has 0 aliphatic heterocycles. The van der Waals surface area contributed by atoms with Gasteiger partial charge in [-0.15, -0.1) is 11.3 Å². The predicted octanol–water partition coefficient (Wildman–Crippen LogP) is 3.54. The Morgan fingerprint density at radius 2 is 1.92 bits per heavy atom. The van der Waals surface area contributed by atoms with E-state index in [1.54, 1.807) is 23.1 Å². The number of hydrogen-bond acceptors (Lipinski definition) is 5. The summed E-state index contributed by atoms with van der Waals surface area (Å²) in [6.45, 7) is 1.99. The SMILES string of the molecule is CC(=O)N(c1ccccc1)c1nc(CNc2cccc(C(N)=O)c2)cs1. The second-order valence-corrected chi connectivity index (χ2v) is 6.45. The first-order valence-corrected chi connectivity index (χ1v) is 8.86. The molecule has 2 aromatic carbocycles. The predicted molar refractivity (Wildman–Crippen MR) is 104 cm³/mol. The molecule has 7 heteroatoms. The zero-order valence-corrected chi connectivity index (χ0v) is 15.0. The lowest BCUT2D eigenvalue weighted by atomic mass is 10.2. The molecule has 0 spiro atoms. The van der Waals surface area contributed by atoms with Gasteiger partial charge in [0.2, 0.25) is 11.8 Å². The average molecular weight is 366 g/mol. The smallest absolute Gasteiger partial charge is 0.248 e. The molecule has 2 amide bonds. The van der Waals surface area contributed by atoms with Gasteiger partial charge in [-0.2, -0.15) is 0 Å². The van der Waals surface area contributed by atoms with Crippen molar-refractivity contribution >= 4 is 39.7 Å². The van der Waals surface area contributed by atoms with E-state index >= 15 is 0 Å². The molecule has 0 aliphatic rings. The van der Waals surface area contributed by atoms with Gasteiger partial charge < -0.3 is 11.1 Å². The number of hydrogen-bond donors (Lipinski definition) is 2. The zero-order chi connectivity index (χ0) is 18.5. The van der Waals surface area contributed by atoms with E-state index in [1.807, 2.05) is 41.8 Å². The summed E-state index contributed by atoms with van der Waals surface area (Å²) in [5.74, 6) is -0.566. The van der Waals surface area contributed by atoms with Gasteiger partial charge in [0.05, 0.1) is 17.9 Å². The van der Waals surface area contributed by atoms with Crippen molar-refractivity contribution in [2.24, 2.45) is 5.73 Å². The molecule has 0 saturated carbocycles. The summed E-state index contributed by atoms with van der Waals surface area (Å²) in [6.07, 6.45) is 0. The fourth-order valence-corrected chi connectivity index (χ4v) is 3.35. The summed E-state index contributed by atoms with van der Waals surface area (Å²) in [5.41, 5.74) is 8.10. The molecule has 3 rings (SSSR count). The molecule has 3 aromatic rings. The Kier molecular flexibility index (Phi) is 5.28. The maximum Gasteiger partial charge on any atom is 0.248 e. The maximum atomic E-state index is 12.1. The van der Waals surface area contributed by atoms with E-state index in [4.69, 9.17) is 5.73 Å². The molecule has 0 fully saturated rings. The van der Waals surface area contributed by atoms with Crippen molar-refractivity contribution in [2.45, 2.75) is 13.5 Å². The molecular formula is C19H18N4O2S. The average Bonchev–Trinajstić information content (AvgIpc) is 3.09. The van der Waals surface area contributed by atoms with Crippen molar-refractivity contribution in [1.29, 1.82) is 0 Å². The number of thiazole rings is 1. The third-order valence-corrected chi connectivity index (χ3v) is 4.56. The standard InChI is InChI=1S/C19H18N4O2S/c1-13(24)23(17-8-3-2-4-9-17)19-22-16(12-26-19)11-21-15-7-5-6-14(10-15)18(20)25/h2-10,12,21H,11H2,1H3,(H2,20,25). The van der Waals surface area contributed by atoms with Crippen LogP contribution in [0.3, 0.4) is 0 Å². The highest BCUT2D eigenvalue weighted by atomic mass is 32.1. The third kappa shape index (κ3) is 4.07. The Labute approximate surface area is 155 Å². The second-order valence-electron chi connectivity index (χ2n) is 5.61. The first kappa shape index (κ1) is 17.6. The normalized spacial score (nSPS) is 10.3. The van der Waals surface area contributed by atoms with E-state index < -0.39 is 5.91 Å². The lowest BCUT2D eigenvalue weighted by molar-refractivity contribution is -0.115. The minimum atomic E-state index is -0.468. The summed E-state index contributed by atoms with van der Waals surface area (Å²) in [4.78, 5) is 29.5. The Morgan fingerprint density at radius 3 is 2.62 bits per heavy atom. The molecule has 0 bridgehead atoms. The number of benzene rings is 2. The lowest BCUT2D eigenvalue weighted by Crippen LogP contribution is -2.22. The number of aromatic nitrogens is 1. The van der Waals surface area contributed by atoms with E-state index in [0.29, 0.717) is 17.2 Å². The quantitative estimate of drug-likeness (QED) is 0.698. The van der Waals surface area contributed by atoms with Crippen molar-refractivity contribution in [3.8, 4) is 0 Å². The molecular weight excluding hydrogens is 348 g/mol. The van der Waals surface area contributed by atoms with Crippen LogP contribution in [0.4, 0.5) is 16.5 Å². The molecule has 132 valence electrons. The van der Waals surface area contributed by atoms with Crippen molar-refractivity contribution in [3.05, 3.63) is 71.2 Å². The van der Waals surface area contributed by atoms with Gasteiger partial charge in [-0.25, -0.2) is 4.98 Å². The molecule has 26 heavy (non-hydrogen) atoms. The zero-order valence-electron chi connectivity index (χ0n) is 14.2. The summed E-state index contributed by atoms with van der Waals surface area (Å²) < 4.78 is 0. The Balaban J connectivity index is 1.74. The minimum absolute atomic E-state index is 0.0979. The minimum Gasteiger partial charge on any atom is -0.379 e. The summed E-state index contributed by atoms with van der Waals surface area (Å²) in [6, 6.07) is 16.4. The van der Waals surface area contributed by atoms with Gasteiger partial charge >= 0.3 is 0 Å². The molecule has 0 radical (unpaired) electrons. The largest absolute Gasteiger partial charge is 0.379 e. The molecule has 0 atom stereocenters. The maximum absolute atomic E-state index is 12.1. The number of anilines is 3. The van der Waals surface area contributed by atoms with Crippen LogP contribution in [0.2, 0.25) is 0 Å². The van der Waals surface area contributed by atoms with Gasteiger partial charge in [0.25, 0.3) is 0 Å². The Morgan fingerprint density at radius 1 is 1.15 bits per heavy atom. The molecule has 6 nitrogen and oxygen atoms in total. The molecule has 0 unspecified atom stereocenters. The highest BCUT2D eigenvalue weighted by Crippen LogP contribution is 2.28. The molecule has 1 aromatic heterocycles. The fraction of sp³-hybridized carbons (Fsp3) is 0.105. The summed E-state index contributed by atoms with van der Waals surface area (Å²) in [7, 11) is 0. The van der Waals surface area contributed by atoms with E-state index in [-0.39, 0.29) is 5.91 Å². The van der Waals surface area contributed by atoms with Crippen LogP contribution in [0.15, 0.2) is 60.0 Å². The van der Waals surface area contributed by atoms with Crippen molar-refractivity contribution in [2.75, 3.05) is 10.2 Å². The van der Waals surface area contributed by atoms with Crippen LogP contribution in [-0.2, 0) is 11.3 Å². The molecule has 0 aliphatic carbocycles. The highest BCUT2D eigenvalue weighted by Gasteiger charge is 2.17. The first-order chi connectivity index (χ1) is 12.5. The van der Waals surface area contributed by atoms with E-state index in [2.05, 4.69) is 10.3 Å². The second kappa shape index (κ2) is 7.79. The number of rotatable bonds is 6. The number of para-hydroxylation sites is 1. The molecule has 3 N–H and O–H groups in total. The van der Waals surface area contributed by atoms with Crippen molar-refractivity contribution < 1.29 is 9.59 Å². The number of nitrogens with one attached hydrogen (secondary N) is 1. The van der Waals surface area contributed by atoms with Gasteiger partial charge in [-0.3, -0.25) is 14.5 Å². The van der Waals surface area contributed by atoms with Crippen LogP contribution in [0.1, 0.15) is 23.0 Å². The van der Waals surface area contributed by atoms with Crippen LogP contribution in [0, 0.1) is 0 Å². The van der Waals surface area contributed by atoms with Crippen molar-refractivity contribution in [3.63, 3.8) is 0 Å². The van der Waals surface area contributed by atoms with Crippen LogP contribution in [-0.4, -0.2) is 16.8 Å². The van der Waals surface area contributed by atoms with Gasteiger partial charge in [0, 0.05) is 23.6 Å². The summed E-state index contributed by atoms with van der Waals surface area (Å²) in [5, 5.41) is 5.73. The van der Waals surface area contributed by atoms with Gasteiger partial charge in [0.1, 0.15) is 0 Å². The monoisotopic (exact) mass is 366 g/mol. The van der Waals surface area contributed by atoms with Gasteiger partial charge in [0.15, 0.2) is 5.13 Å². The van der Waals surface area contributed by atoms with E-state index in [0.717, 1.165) is 17.1 Å². The number of primary amides is 1. The number of amides is 2. The van der Waals surface area contributed by atoms with Crippen LogP contribution < -0.4 is 16.0 Å². The van der Waals surface area contributed by atoms with Crippen LogP contribution in [0.5, 0.6) is 0 Å². The van der Waals surface area contributed by atoms with Crippen molar-refractivity contribution in [1.82, 2.24) is 4.98 Å². The first-order valence-electron chi connectivity index (χ1n) is 7.98. The Bertz CT molecular complexity index is 924. The van der Waals surface area contributed by atoms with E-state index in [1.165, 1.54) is 18.3 Å². The number of carbonyl (C=O) groups excluding carboxylic acids is 2. The molecule has 1 heterocycles. The van der Waals surface area contributed by atoms with E-state index in [9.17, 15) is 9.59 Å². The third-order valence-electron chi connectivity index (χ3n) is 3.68. The number of carbonyl (C=O) groups is 2. The lowest BCUT2D eigenvalue weighted by Gasteiger charge is -2.17. The molecule has 0 saturated heterocycles. The Hall–Kier alpha value is -3.19. The summed E-state index contributed by atoms with van der Waals surface area (Å²) >= 11 is 1.40.